The molecule has 4 nitrogen and oxygen atoms in total. The Kier molecular flexibility index (Phi) is 4.49. The van der Waals surface area contributed by atoms with Gasteiger partial charge in [-0.15, -0.1) is 0 Å². The largest absolute Gasteiger partial charge is 0.481 e. The number of fused-ring (bicyclic) bond motifs is 1. The molecular weight excluding hydrogens is 377 g/mol. The van der Waals surface area contributed by atoms with Crippen LogP contribution in [0.15, 0.2) is 57.8 Å². The molecule has 0 aliphatic heterocycles. The van der Waals surface area contributed by atoms with Crippen LogP contribution in [0.3, 0.4) is 0 Å². The number of rotatable bonds is 4. The highest BCUT2D eigenvalue weighted by Gasteiger charge is 2.23. The number of pyridine rings is 1. The van der Waals surface area contributed by atoms with Crippen LogP contribution in [-0.2, 0) is 11.2 Å². The van der Waals surface area contributed by atoms with Crippen LogP contribution in [-0.4, -0.2) is 16.1 Å². The van der Waals surface area contributed by atoms with E-state index in [1.807, 2.05) is 24.3 Å². The molecule has 2 N–H and O–H groups in total. The molecule has 0 saturated heterocycles. The molecule has 0 aliphatic rings. The molecule has 1 aromatic heterocycles. The standard InChI is InChI=1S/C18H13BrFNO3/c19-11-3-1-10(2-4-11)7-15(18(23)24)13-9-17(22)21-16-6-5-12(20)8-14(13)16/h1-6,8-9,15H,7H2,(H,21,22)(H,23,24). The lowest BCUT2D eigenvalue weighted by Gasteiger charge is -2.15. The summed E-state index contributed by atoms with van der Waals surface area (Å²) in [6, 6.07) is 12.4. The highest BCUT2D eigenvalue weighted by molar-refractivity contribution is 9.10. The number of benzene rings is 2. The summed E-state index contributed by atoms with van der Waals surface area (Å²) < 4.78 is 14.5. The van der Waals surface area contributed by atoms with Crippen molar-refractivity contribution < 1.29 is 14.3 Å². The molecule has 0 spiro atoms. The van der Waals surface area contributed by atoms with E-state index in [2.05, 4.69) is 20.9 Å². The monoisotopic (exact) mass is 389 g/mol. The van der Waals surface area contributed by atoms with Gasteiger partial charge in [-0.25, -0.2) is 4.39 Å². The first-order chi connectivity index (χ1) is 11.4. The number of aliphatic carboxylic acids is 1. The van der Waals surface area contributed by atoms with Crippen LogP contribution < -0.4 is 5.56 Å². The molecule has 1 atom stereocenters. The van der Waals surface area contributed by atoms with Crippen LogP contribution in [0.25, 0.3) is 10.9 Å². The van der Waals surface area contributed by atoms with Gasteiger partial charge >= 0.3 is 5.97 Å². The smallest absolute Gasteiger partial charge is 0.311 e. The fourth-order valence-corrected chi connectivity index (χ4v) is 2.99. The van der Waals surface area contributed by atoms with Gasteiger partial charge in [0.05, 0.1) is 5.92 Å². The van der Waals surface area contributed by atoms with Crippen LogP contribution in [0.4, 0.5) is 4.39 Å². The van der Waals surface area contributed by atoms with Crippen molar-refractivity contribution in [3.05, 3.63) is 80.3 Å². The molecule has 1 unspecified atom stereocenters. The first kappa shape index (κ1) is 16.4. The summed E-state index contributed by atoms with van der Waals surface area (Å²) in [5.41, 5.74) is 1.13. The van der Waals surface area contributed by atoms with Crippen molar-refractivity contribution in [2.75, 3.05) is 0 Å². The number of aromatic amines is 1. The number of aromatic nitrogens is 1. The van der Waals surface area contributed by atoms with Gasteiger partial charge in [-0.05, 0) is 47.9 Å². The van der Waals surface area contributed by atoms with E-state index in [4.69, 9.17) is 0 Å². The Balaban J connectivity index is 2.13. The van der Waals surface area contributed by atoms with Crippen molar-refractivity contribution in [1.29, 1.82) is 0 Å². The number of halogens is 2. The average Bonchev–Trinajstić information content (AvgIpc) is 2.54. The van der Waals surface area contributed by atoms with Crippen molar-refractivity contribution in [3.8, 4) is 0 Å². The third-order valence-electron chi connectivity index (χ3n) is 3.86. The van der Waals surface area contributed by atoms with Crippen LogP contribution in [0.2, 0.25) is 0 Å². The van der Waals surface area contributed by atoms with Crippen molar-refractivity contribution in [1.82, 2.24) is 4.98 Å². The molecule has 0 saturated carbocycles. The molecule has 0 radical (unpaired) electrons. The van der Waals surface area contributed by atoms with E-state index in [1.54, 1.807) is 0 Å². The van der Waals surface area contributed by atoms with E-state index in [0.717, 1.165) is 10.0 Å². The third kappa shape index (κ3) is 3.38. The molecule has 0 amide bonds. The van der Waals surface area contributed by atoms with Crippen LogP contribution >= 0.6 is 15.9 Å². The Labute approximate surface area is 145 Å². The Morgan fingerprint density at radius 2 is 1.88 bits per heavy atom. The van der Waals surface area contributed by atoms with Gasteiger partial charge in [0.1, 0.15) is 5.82 Å². The highest BCUT2D eigenvalue weighted by Crippen LogP contribution is 2.28. The van der Waals surface area contributed by atoms with Crippen molar-refractivity contribution in [3.63, 3.8) is 0 Å². The Morgan fingerprint density at radius 3 is 2.54 bits per heavy atom. The molecule has 1 heterocycles. The van der Waals surface area contributed by atoms with Gasteiger partial charge in [-0.1, -0.05) is 28.1 Å². The normalized spacial score (nSPS) is 12.2. The van der Waals surface area contributed by atoms with E-state index in [0.29, 0.717) is 16.5 Å². The first-order valence-electron chi connectivity index (χ1n) is 7.24. The maximum Gasteiger partial charge on any atom is 0.311 e. The zero-order valence-electron chi connectivity index (χ0n) is 12.4. The summed E-state index contributed by atoms with van der Waals surface area (Å²) in [4.78, 5) is 26.3. The zero-order valence-corrected chi connectivity index (χ0v) is 14.0. The lowest BCUT2D eigenvalue weighted by molar-refractivity contribution is -0.138. The second-order valence-electron chi connectivity index (χ2n) is 5.50. The van der Waals surface area contributed by atoms with Crippen LogP contribution in [0.5, 0.6) is 0 Å². The summed E-state index contributed by atoms with van der Waals surface area (Å²) in [6.07, 6.45) is 0.206. The van der Waals surface area contributed by atoms with E-state index in [9.17, 15) is 19.1 Å². The lowest BCUT2D eigenvalue weighted by atomic mass is 9.90. The number of nitrogens with one attached hydrogen (secondary N) is 1. The predicted molar refractivity (Wildman–Crippen MR) is 92.7 cm³/mol. The Hall–Kier alpha value is -2.47. The topological polar surface area (TPSA) is 70.2 Å². The number of carbonyl (C=O) groups is 1. The number of carboxylic acid groups (broad SMARTS) is 1. The minimum absolute atomic E-state index is 0.206. The Bertz CT molecular complexity index is 966. The molecule has 0 aliphatic carbocycles. The van der Waals surface area contributed by atoms with Crippen molar-refractivity contribution in [2.45, 2.75) is 12.3 Å². The summed E-state index contributed by atoms with van der Waals surface area (Å²) in [5, 5.41) is 10.0. The second kappa shape index (κ2) is 6.57. The summed E-state index contributed by atoms with van der Waals surface area (Å²) >= 11 is 3.33. The molecule has 24 heavy (non-hydrogen) atoms. The summed E-state index contributed by atoms with van der Waals surface area (Å²) in [5.74, 6) is -2.49. The zero-order chi connectivity index (χ0) is 17.3. The van der Waals surface area contributed by atoms with E-state index < -0.39 is 23.3 Å². The molecule has 0 bridgehead atoms. The summed E-state index contributed by atoms with van der Waals surface area (Å²) in [7, 11) is 0. The average molecular weight is 390 g/mol. The molecule has 3 rings (SSSR count). The SMILES string of the molecule is O=C(O)C(Cc1ccc(Br)cc1)c1cc(=O)[nH]c2ccc(F)cc12. The molecule has 3 aromatic rings. The van der Waals surface area contributed by atoms with E-state index in [1.165, 1.54) is 24.3 Å². The van der Waals surface area contributed by atoms with Gasteiger partial charge < -0.3 is 10.1 Å². The lowest BCUT2D eigenvalue weighted by Crippen LogP contribution is -2.18. The minimum atomic E-state index is -1.06. The fourth-order valence-electron chi connectivity index (χ4n) is 2.73. The Morgan fingerprint density at radius 1 is 1.17 bits per heavy atom. The first-order valence-corrected chi connectivity index (χ1v) is 8.03. The summed E-state index contributed by atoms with van der Waals surface area (Å²) in [6.45, 7) is 0. The molecule has 2 aromatic carbocycles. The van der Waals surface area contributed by atoms with Gasteiger partial charge in [-0.3, -0.25) is 9.59 Å². The maximum atomic E-state index is 13.6. The second-order valence-corrected chi connectivity index (χ2v) is 6.42. The number of hydrogen-bond acceptors (Lipinski definition) is 2. The number of carboxylic acids is 1. The molecule has 0 fully saturated rings. The van der Waals surface area contributed by atoms with Gasteiger partial charge in [0.25, 0.3) is 0 Å². The minimum Gasteiger partial charge on any atom is -0.481 e. The quantitative estimate of drug-likeness (QED) is 0.711. The fraction of sp³-hybridized carbons (Fsp3) is 0.111. The van der Waals surface area contributed by atoms with Crippen molar-refractivity contribution >= 4 is 32.8 Å². The molecule has 6 heteroatoms. The maximum absolute atomic E-state index is 13.6. The number of H-pyrrole nitrogens is 1. The highest BCUT2D eigenvalue weighted by atomic mass is 79.9. The third-order valence-corrected chi connectivity index (χ3v) is 4.39. The van der Waals surface area contributed by atoms with Crippen molar-refractivity contribution in [2.24, 2.45) is 0 Å². The van der Waals surface area contributed by atoms with Gasteiger partial charge in [0, 0.05) is 21.4 Å². The van der Waals surface area contributed by atoms with Crippen LogP contribution in [0.1, 0.15) is 17.0 Å². The van der Waals surface area contributed by atoms with E-state index >= 15 is 0 Å². The van der Waals surface area contributed by atoms with E-state index in [-0.39, 0.29) is 6.42 Å². The molecular formula is C18H13BrFNO3. The van der Waals surface area contributed by atoms with Crippen LogP contribution in [0, 0.1) is 5.82 Å². The van der Waals surface area contributed by atoms with Gasteiger partial charge in [0.15, 0.2) is 0 Å². The van der Waals surface area contributed by atoms with Gasteiger partial charge in [0.2, 0.25) is 5.56 Å². The molecule has 122 valence electrons. The number of hydrogen-bond donors (Lipinski definition) is 2. The van der Waals surface area contributed by atoms with Gasteiger partial charge in [-0.2, -0.15) is 0 Å². The predicted octanol–water partition coefficient (Wildman–Crippen LogP) is 3.84.